The van der Waals surface area contributed by atoms with Crippen molar-refractivity contribution in [1.82, 2.24) is 9.80 Å². The SMILES string of the molecule is O=C(O)N1CCN(Cc2cccc(OC3=COC(Cc4ccccc4)O3)c2)CC1. The van der Waals surface area contributed by atoms with Crippen molar-refractivity contribution in [2.45, 2.75) is 19.3 Å². The number of rotatable bonds is 6. The van der Waals surface area contributed by atoms with Gasteiger partial charge in [0.2, 0.25) is 6.29 Å². The van der Waals surface area contributed by atoms with Gasteiger partial charge in [-0.25, -0.2) is 4.79 Å². The Morgan fingerprint density at radius 2 is 1.79 bits per heavy atom. The molecule has 2 aromatic carbocycles. The van der Waals surface area contributed by atoms with Crippen LogP contribution in [-0.4, -0.2) is 53.5 Å². The highest BCUT2D eigenvalue weighted by Gasteiger charge is 2.22. The average Bonchev–Trinajstić information content (AvgIpc) is 3.16. The Morgan fingerprint density at radius 3 is 2.55 bits per heavy atom. The highest BCUT2D eigenvalue weighted by atomic mass is 16.8. The van der Waals surface area contributed by atoms with Crippen molar-refractivity contribution in [2.24, 2.45) is 0 Å². The molecular weight excluding hydrogens is 372 g/mol. The minimum absolute atomic E-state index is 0.346. The Balaban J connectivity index is 1.28. The predicted octanol–water partition coefficient (Wildman–Crippen LogP) is 3.28. The molecule has 1 atom stereocenters. The summed E-state index contributed by atoms with van der Waals surface area (Å²) in [6.07, 6.45) is 0.914. The van der Waals surface area contributed by atoms with E-state index in [1.54, 1.807) is 0 Å². The Kier molecular flexibility index (Phi) is 5.86. The maximum absolute atomic E-state index is 11.0. The highest BCUT2D eigenvalue weighted by molar-refractivity contribution is 5.65. The molecule has 0 aliphatic carbocycles. The molecule has 29 heavy (non-hydrogen) atoms. The van der Waals surface area contributed by atoms with Crippen LogP contribution in [0.4, 0.5) is 4.79 Å². The van der Waals surface area contributed by atoms with Crippen LogP contribution < -0.4 is 4.74 Å². The molecule has 1 saturated heterocycles. The van der Waals surface area contributed by atoms with Crippen molar-refractivity contribution in [1.29, 1.82) is 0 Å². The van der Waals surface area contributed by atoms with Crippen LogP contribution in [0.2, 0.25) is 0 Å². The second-order valence-corrected chi connectivity index (χ2v) is 7.11. The second kappa shape index (κ2) is 8.87. The third-order valence-electron chi connectivity index (χ3n) is 4.97. The molecule has 1 fully saturated rings. The van der Waals surface area contributed by atoms with Crippen LogP contribution in [0.3, 0.4) is 0 Å². The predicted molar refractivity (Wildman–Crippen MR) is 106 cm³/mol. The van der Waals surface area contributed by atoms with Gasteiger partial charge in [-0.1, -0.05) is 42.5 Å². The summed E-state index contributed by atoms with van der Waals surface area (Å²) in [5.41, 5.74) is 2.24. The first kappa shape index (κ1) is 19.1. The van der Waals surface area contributed by atoms with Gasteiger partial charge in [-0.3, -0.25) is 4.90 Å². The van der Waals surface area contributed by atoms with Crippen LogP contribution >= 0.6 is 0 Å². The van der Waals surface area contributed by atoms with Crippen LogP contribution in [-0.2, 0) is 22.4 Å². The fourth-order valence-corrected chi connectivity index (χ4v) is 3.44. The summed E-state index contributed by atoms with van der Waals surface area (Å²) < 4.78 is 17.1. The van der Waals surface area contributed by atoms with Gasteiger partial charge in [0.1, 0.15) is 5.75 Å². The van der Waals surface area contributed by atoms with Crippen molar-refractivity contribution < 1.29 is 24.1 Å². The summed E-state index contributed by atoms with van der Waals surface area (Å²) in [7, 11) is 0. The Bertz CT molecular complexity index is 863. The number of benzene rings is 2. The van der Waals surface area contributed by atoms with E-state index in [1.807, 2.05) is 54.6 Å². The van der Waals surface area contributed by atoms with E-state index >= 15 is 0 Å². The van der Waals surface area contributed by atoms with Crippen LogP contribution in [0.1, 0.15) is 11.1 Å². The number of ether oxygens (including phenoxy) is 3. The summed E-state index contributed by atoms with van der Waals surface area (Å²) in [5.74, 6) is 1.03. The Morgan fingerprint density at radius 1 is 1.03 bits per heavy atom. The molecule has 0 saturated carbocycles. The lowest BCUT2D eigenvalue weighted by molar-refractivity contribution is -0.0519. The number of amides is 1. The first-order chi connectivity index (χ1) is 14.2. The lowest BCUT2D eigenvalue weighted by Gasteiger charge is -2.33. The summed E-state index contributed by atoms with van der Waals surface area (Å²) in [6, 6.07) is 17.8. The molecular formula is C22H24N2O5. The topological polar surface area (TPSA) is 71.5 Å². The smallest absolute Gasteiger partial charge is 0.407 e. The number of piperazine rings is 1. The molecule has 0 spiro atoms. The molecule has 4 rings (SSSR count). The van der Waals surface area contributed by atoms with Crippen molar-refractivity contribution >= 4 is 6.09 Å². The van der Waals surface area contributed by atoms with E-state index < -0.39 is 6.09 Å². The molecule has 0 bridgehead atoms. The Hall–Kier alpha value is -3.19. The van der Waals surface area contributed by atoms with Crippen molar-refractivity contribution in [3.63, 3.8) is 0 Å². The number of carbonyl (C=O) groups is 1. The van der Waals surface area contributed by atoms with E-state index in [2.05, 4.69) is 4.90 Å². The van der Waals surface area contributed by atoms with Gasteiger partial charge in [-0.05, 0) is 23.3 Å². The van der Waals surface area contributed by atoms with E-state index in [4.69, 9.17) is 19.3 Å². The van der Waals surface area contributed by atoms with Crippen LogP contribution in [0, 0.1) is 0 Å². The third kappa shape index (κ3) is 5.20. The van der Waals surface area contributed by atoms with Crippen molar-refractivity contribution in [3.8, 4) is 5.75 Å². The van der Waals surface area contributed by atoms with E-state index in [0.717, 1.165) is 30.8 Å². The van der Waals surface area contributed by atoms with Gasteiger partial charge in [-0.2, -0.15) is 0 Å². The van der Waals surface area contributed by atoms with Crippen molar-refractivity contribution in [2.75, 3.05) is 26.2 Å². The molecule has 1 N–H and O–H groups in total. The monoisotopic (exact) mass is 396 g/mol. The molecule has 0 aromatic heterocycles. The number of hydrogen-bond acceptors (Lipinski definition) is 5. The van der Waals surface area contributed by atoms with Gasteiger partial charge >= 0.3 is 12.0 Å². The van der Waals surface area contributed by atoms with Gasteiger partial charge < -0.3 is 24.2 Å². The minimum atomic E-state index is -0.849. The maximum Gasteiger partial charge on any atom is 0.407 e. The normalized spacial score (nSPS) is 19.2. The van der Waals surface area contributed by atoms with E-state index in [0.29, 0.717) is 31.2 Å². The molecule has 2 aromatic rings. The summed E-state index contributed by atoms with van der Waals surface area (Å²) in [4.78, 5) is 14.7. The van der Waals surface area contributed by atoms with E-state index in [1.165, 1.54) is 11.2 Å². The third-order valence-corrected chi connectivity index (χ3v) is 4.97. The number of hydrogen-bond donors (Lipinski definition) is 1. The molecule has 152 valence electrons. The van der Waals surface area contributed by atoms with Crippen molar-refractivity contribution in [3.05, 3.63) is 77.9 Å². The maximum atomic E-state index is 11.0. The van der Waals surface area contributed by atoms with E-state index in [-0.39, 0.29) is 6.29 Å². The van der Waals surface area contributed by atoms with E-state index in [9.17, 15) is 4.79 Å². The van der Waals surface area contributed by atoms with Gasteiger partial charge in [0.15, 0.2) is 6.26 Å². The highest BCUT2D eigenvalue weighted by Crippen LogP contribution is 2.23. The molecule has 2 aliphatic rings. The minimum Gasteiger partial charge on any atom is -0.465 e. The molecule has 1 unspecified atom stereocenters. The standard InChI is InChI=1S/C22H24N2O5/c25-22(26)24-11-9-23(10-12-24)15-18-7-4-8-19(13-18)28-21-16-27-20(29-21)14-17-5-2-1-3-6-17/h1-8,13,16,20H,9-12,14-15H2,(H,25,26). The second-order valence-electron chi connectivity index (χ2n) is 7.11. The molecule has 7 heteroatoms. The van der Waals surface area contributed by atoms with Crippen LogP contribution in [0.5, 0.6) is 5.75 Å². The van der Waals surface area contributed by atoms with Gasteiger partial charge in [0, 0.05) is 39.1 Å². The van der Waals surface area contributed by atoms with Crippen LogP contribution in [0.25, 0.3) is 0 Å². The quantitative estimate of drug-likeness (QED) is 0.808. The summed E-state index contributed by atoms with van der Waals surface area (Å²) in [5, 5.41) is 9.05. The van der Waals surface area contributed by atoms with Gasteiger partial charge in [-0.15, -0.1) is 0 Å². The molecule has 0 radical (unpaired) electrons. The molecule has 7 nitrogen and oxygen atoms in total. The average molecular weight is 396 g/mol. The largest absolute Gasteiger partial charge is 0.465 e. The number of nitrogens with zero attached hydrogens (tertiary/aromatic N) is 2. The zero-order valence-electron chi connectivity index (χ0n) is 16.1. The Labute approximate surface area is 169 Å². The molecule has 1 amide bonds. The van der Waals surface area contributed by atoms with Gasteiger partial charge in [0.05, 0.1) is 0 Å². The summed E-state index contributed by atoms with van der Waals surface area (Å²) >= 11 is 0. The summed E-state index contributed by atoms with van der Waals surface area (Å²) in [6.45, 7) is 3.26. The van der Waals surface area contributed by atoms with Gasteiger partial charge in [0.25, 0.3) is 0 Å². The first-order valence-electron chi connectivity index (χ1n) is 9.69. The fourth-order valence-electron chi connectivity index (χ4n) is 3.44. The lowest BCUT2D eigenvalue weighted by atomic mass is 10.1. The fraction of sp³-hybridized carbons (Fsp3) is 0.318. The molecule has 2 aliphatic heterocycles. The first-order valence-corrected chi connectivity index (χ1v) is 9.69. The zero-order chi connectivity index (χ0) is 20.1. The molecule has 2 heterocycles. The zero-order valence-corrected chi connectivity index (χ0v) is 16.1. The van der Waals surface area contributed by atoms with Crippen LogP contribution in [0.15, 0.2) is 66.8 Å². The lowest BCUT2D eigenvalue weighted by Crippen LogP contribution is -2.47. The number of carboxylic acid groups (broad SMARTS) is 1.